The first-order chi connectivity index (χ1) is 18.1. The summed E-state index contributed by atoms with van der Waals surface area (Å²) in [4.78, 5) is 16.4. The molecule has 3 N–H and O–H groups in total. The van der Waals surface area contributed by atoms with Crippen LogP contribution in [0.3, 0.4) is 0 Å². The van der Waals surface area contributed by atoms with Gasteiger partial charge in [0.1, 0.15) is 0 Å². The summed E-state index contributed by atoms with van der Waals surface area (Å²) in [5, 5.41) is 23.1. The Bertz CT molecular complexity index is 1290. The first-order valence-electron chi connectivity index (χ1n) is 11.5. The fourth-order valence-electron chi connectivity index (χ4n) is 3.21. The molecule has 1 amide bonds. The lowest BCUT2D eigenvalue weighted by Gasteiger charge is -2.13. The number of aromatic nitrogens is 4. The summed E-state index contributed by atoms with van der Waals surface area (Å²) >= 11 is 1.27. The van der Waals surface area contributed by atoms with Crippen molar-refractivity contribution in [3.8, 4) is 0 Å². The fraction of sp³-hybridized carbons (Fsp3) is 0.320. The van der Waals surface area contributed by atoms with E-state index in [0.717, 1.165) is 16.5 Å². The van der Waals surface area contributed by atoms with Gasteiger partial charge in [0.2, 0.25) is 6.41 Å². The summed E-state index contributed by atoms with van der Waals surface area (Å²) < 4.78 is 37.7. The summed E-state index contributed by atoms with van der Waals surface area (Å²) in [6, 6.07) is 7.04. The lowest BCUT2D eigenvalue weighted by Crippen LogP contribution is -2.15. The van der Waals surface area contributed by atoms with Crippen molar-refractivity contribution in [1.29, 1.82) is 0 Å². The van der Waals surface area contributed by atoms with Gasteiger partial charge in [-0.1, -0.05) is 36.5 Å². The second kappa shape index (κ2) is 14.9. The standard InChI is InChI=1S/C23H24F3N7OS.C2H7N/c1-4-16(11-29-33(14-34)13-17-6-5-7-21-20(17)12-28-32-21)15(2)35-22(27-3)9-18-8-19(31-30-18)10-23(24,25)26;1-3-2/h4-8,11-12,14H,2,9-10,13H2,1,3H3,(H,28,32)(H,30,31);3H,1-2H3/b16-4+,27-22?,29-11-;. The highest BCUT2D eigenvalue weighted by Gasteiger charge is 2.29. The van der Waals surface area contributed by atoms with Gasteiger partial charge in [-0.2, -0.15) is 28.5 Å². The molecule has 0 radical (unpaired) electrons. The molecule has 0 aliphatic carbocycles. The molecule has 0 spiro atoms. The lowest BCUT2D eigenvalue weighted by molar-refractivity contribution is -0.127. The van der Waals surface area contributed by atoms with E-state index in [2.05, 4.69) is 42.4 Å². The number of carbonyl (C=O) groups is 1. The highest BCUT2D eigenvalue weighted by Crippen LogP contribution is 2.26. The number of allylic oxidation sites excluding steroid dienone is 2. The van der Waals surface area contributed by atoms with Crippen LogP contribution in [0.25, 0.3) is 10.9 Å². The number of thioether (sulfide) groups is 1. The van der Waals surface area contributed by atoms with Crippen LogP contribution in [0, 0.1) is 0 Å². The summed E-state index contributed by atoms with van der Waals surface area (Å²) in [7, 11) is 5.34. The fourth-order valence-corrected chi connectivity index (χ4v) is 4.10. The summed E-state index contributed by atoms with van der Waals surface area (Å²) in [6.45, 7) is 6.13. The van der Waals surface area contributed by atoms with Crippen LogP contribution in [-0.4, -0.2) is 70.4 Å². The number of hydrogen-bond acceptors (Lipinski definition) is 7. The molecule has 13 heteroatoms. The van der Waals surface area contributed by atoms with Gasteiger partial charge in [-0.05, 0) is 38.7 Å². The number of benzene rings is 1. The second-order valence-electron chi connectivity index (χ2n) is 7.94. The van der Waals surface area contributed by atoms with E-state index in [4.69, 9.17) is 0 Å². The molecule has 0 aliphatic rings. The molecule has 0 fully saturated rings. The number of aromatic amines is 2. The Kier molecular flexibility index (Phi) is 12.0. The van der Waals surface area contributed by atoms with Gasteiger partial charge in [-0.3, -0.25) is 20.0 Å². The minimum atomic E-state index is -4.32. The van der Waals surface area contributed by atoms with Crippen molar-refractivity contribution in [1.82, 2.24) is 30.7 Å². The Balaban J connectivity index is 0.00000161. The molecule has 204 valence electrons. The molecule has 0 aliphatic heterocycles. The molecule has 3 aromatic rings. The molecule has 0 atom stereocenters. The summed E-state index contributed by atoms with van der Waals surface area (Å²) in [6.07, 6.45) is 0.516. The first-order valence-corrected chi connectivity index (χ1v) is 12.3. The van der Waals surface area contributed by atoms with Crippen LogP contribution in [0.4, 0.5) is 13.2 Å². The highest BCUT2D eigenvalue weighted by atomic mass is 32.2. The largest absolute Gasteiger partial charge is 0.394 e. The number of H-pyrrole nitrogens is 2. The molecule has 0 saturated carbocycles. The van der Waals surface area contributed by atoms with Gasteiger partial charge in [-0.25, -0.2) is 5.01 Å². The average molecular weight is 549 g/mol. The van der Waals surface area contributed by atoms with E-state index in [0.29, 0.717) is 27.6 Å². The van der Waals surface area contributed by atoms with Crippen molar-refractivity contribution in [3.05, 3.63) is 70.5 Å². The molecular formula is C25H31F3N8OS. The van der Waals surface area contributed by atoms with Crippen molar-refractivity contribution in [2.45, 2.75) is 32.5 Å². The maximum Gasteiger partial charge on any atom is 0.394 e. The molecule has 2 aromatic heterocycles. The summed E-state index contributed by atoms with van der Waals surface area (Å²) in [5.41, 5.74) is 2.87. The minimum absolute atomic E-state index is 0.0758. The van der Waals surface area contributed by atoms with E-state index in [1.807, 2.05) is 39.2 Å². The number of halogens is 3. The molecule has 2 heterocycles. The van der Waals surface area contributed by atoms with E-state index in [1.54, 1.807) is 19.3 Å². The van der Waals surface area contributed by atoms with E-state index in [-0.39, 0.29) is 18.7 Å². The third-order valence-corrected chi connectivity index (χ3v) is 5.95. The van der Waals surface area contributed by atoms with Gasteiger partial charge >= 0.3 is 6.18 Å². The smallest absolute Gasteiger partial charge is 0.323 e. The molecule has 1 aromatic carbocycles. The Morgan fingerprint density at radius 2 is 2.03 bits per heavy atom. The van der Waals surface area contributed by atoms with Crippen molar-refractivity contribution in [2.75, 3.05) is 21.1 Å². The second-order valence-corrected chi connectivity index (χ2v) is 9.10. The van der Waals surface area contributed by atoms with Crippen molar-refractivity contribution < 1.29 is 18.0 Å². The number of nitrogens with zero attached hydrogens (tertiary/aromatic N) is 5. The number of fused-ring (bicyclic) bond motifs is 1. The number of alkyl halides is 3. The van der Waals surface area contributed by atoms with E-state index in [9.17, 15) is 18.0 Å². The molecule has 0 bridgehead atoms. The van der Waals surface area contributed by atoms with Crippen molar-refractivity contribution in [3.63, 3.8) is 0 Å². The average Bonchev–Trinajstić information content (AvgIpc) is 3.52. The van der Waals surface area contributed by atoms with Crippen LogP contribution >= 0.6 is 11.8 Å². The first kappa shape index (κ1) is 30.5. The minimum Gasteiger partial charge on any atom is -0.323 e. The van der Waals surface area contributed by atoms with Crippen molar-refractivity contribution in [2.24, 2.45) is 10.1 Å². The number of hydrazone groups is 1. The number of rotatable bonds is 10. The molecule has 9 nitrogen and oxygen atoms in total. The Labute approximate surface area is 223 Å². The molecule has 3 rings (SSSR count). The topological polar surface area (TPSA) is 114 Å². The third-order valence-electron chi connectivity index (χ3n) is 4.90. The zero-order valence-corrected chi connectivity index (χ0v) is 22.5. The normalized spacial score (nSPS) is 12.5. The van der Waals surface area contributed by atoms with Crippen LogP contribution < -0.4 is 5.32 Å². The predicted molar refractivity (Wildman–Crippen MR) is 147 cm³/mol. The van der Waals surface area contributed by atoms with Gasteiger partial charge in [0, 0.05) is 35.0 Å². The van der Waals surface area contributed by atoms with E-state index >= 15 is 0 Å². The highest BCUT2D eigenvalue weighted by molar-refractivity contribution is 8.17. The maximum absolute atomic E-state index is 12.6. The number of amides is 1. The Hall–Kier alpha value is -3.71. The SMILES string of the molecule is C=C(SC(Cc1cc(CC(F)(F)F)n[nH]1)=NC)C(/C=N\N(C=O)Cc1cccc2[nH]ncc12)=C/C.CNC. The predicted octanol–water partition coefficient (Wildman–Crippen LogP) is 4.63. The third kappa shape index (κ3) is 9.63. The van der Waals surface area contributed by atoms with Gasteiger partial charge in [0.25, 0.3) is 0 Å². The van der Waals surface area contributed by atoms with Crippen LogP contribution in [0.1, 0.15) is 23.9 Å². The number of aliphatic imine (C=N–C) groups is 1. The molecule has 0 saturated heterocycles. The van der Waals surface area contributed by atoms with E-state index in [1.165, 1.54) is 29.1 Å². The van der Waals surface area contributed by atoms with E-state index < -0.39 is 12.6 Å². The monoisotopic (exact) mass is 548 g/mol. The zero-order valence-electron chi connectivity index (χ0n) is 21.6. The van der Waals surface area contributed by atoms with Gasteiger partial charge < -0.3 is 5.32 Å². The molecule has 38 heavy (non-hydrogen) atoms. The number of carbonyl (C=O) groups excluding carboxylic acids is 1. The van der Waals surface area contributed by atoms with Crippen LogP contribution in [-0.2, 0) is 24.2 Å². The van der Waals surface area contributed by atoms with Gasteiger partial charge in [0.15, 0.2) is 0 Å². The Morgan fingerprint density at radius 3 is 2.66 bits per heavy atom. The number of nitrogens with one attached hydrogen (secondary N) is 3. The summed E-state index contributed by atoms with van der Waals surface area (Å²) in [5.74, 6) is 0. The maximum atomic E-state index is 12.6. The Morgan fingerprint density at radius 1 is 1.29 bits per heavy atom. The van der Waals surface area contributed by atoms with Gasteiger partial charge in [0.05, 0.1) is 41.6 Å². The lowest BCUT2D eigenvalue weighted by atomic mass is 10.1. The van der Waals surface area contributed by atoms with Gasteiger partial charge in [-0.15, -0.1) is 0 Å². The van der Waals surface area contributed by atoms with Crippen LogP contribution in [0.15, 0.2) is 63.7 Å². The quantitative estimate of drug-likeness (QED) is 0.112. The van der Waals surface area contributed by atoms with Crippen LogP contribution in [0.2, 0.25) is 0 Å². The zero-order chi connectivity index (χ0) is 28.1. The van der Waals surface area contributed by atoms with Crippen LogP contribution in [0.5, 0.6) is 0 Å². The van der Waals surface area contributed by atoms with Crippen molar-refractivity contribution >= 4 is 40.3 Å². The number of hydrogen-bond donors (Lipinski definition) is 3. The molecule has 0 unspecified atom stereocenters. The molecular weight excluding hydrogens is 517 g/mol.